The number of aromatic amines is 1. The maximum atomic E-state index is 13.0. The lowest BCUT2D eigenvalue weighted by molar-refractivity contribution is -0.140. The molecule has 2 heterocycles. The fourth-order valence-corrected chi connectivity index (χ4v) is 4.41. The minimum absolute atomic E-state index is 0.106. The molecule has 3 aromatic rings. The van der Waals surface area contributed by atoms with Crippen LogP contribution in [0.15, 0.2) is 63.3 Å². The number of hydrogen-bond donors (Lipinski definition) is 2. The molecule has 1 aliphatic heterocycles. The highest BCUT2D eigenvalue weighted by atomic mass is 16.6. The number of benzene rings is 2. The lowest BCUT2D eigenvalue weighted by atomic mass is 10.1. The number of carbonyl (C=O) groups excluding carboxylic acids is 1. The van der Waals surface area contributed by atoms with E-state index in [9.17, 15) is 14.7 Å². The van der Waals surface area contributed by atoms with Crippen LogP contribution in [0.5, 0.6) is 5.75 Å². The highest BCUT2D eigenvalue weighted by Crippen LogP contribution is 2.41. The molecule has 1 aromatic heterocycles. The number of fused-ring (bicyclic) bond motifs is 1. The number of para-hydroxylation sites is 1. The molecule has 5 rings (SSSR count). The van der Waals surface area contributed by atoms with Gasteiger partial charge in [-0.25, -0.2) is 9.48 Å². The van der Waals surface area contributed by atoms with Gasteiger partial charge in [0.25, 0.3) is 5.56 Å². The Morgan fingerprint density at radius 2 is 2.03 bits per heavy atom. The van der Waals surface area contributed by atoms with E-state index in [1.165, 1.54) is 22.9 Å². The molecule has 9 nitrogen and oxygen atoms in total. The number of phenols is 1. The van der Waals surface area contributed by atoms with Crippen molar-refractivity contribution in [1.29, 1.82) is 0 Å². The van der Waals surface area contributed by atoms with Gasteiger partial charge in [0.1, 0.15) is 17.5 Å². The molecule has 34 heavy (non-hydrogen) atoms. The summed E-state index contributed by atoms with van der Waals surface area (Å²) in [5.74, 6) is -0.586. The lowest BCUT2D eigenvalue weighted by Gasteiger charge is -2.14. The molecular formula is C25H24N4O5. The fraction of sp³-hybridized carbons (Fsp3) is 0.280. The zero-order chi connectivity index (χ0) is 23.8. The average molecular weight is 460 g/mol. The predicted octanol–water partition coefficient (Wildman–Crippen LogP) is 4.60. The van der Waals surface area contributed by atoms with Gasteiger partial charge in [-0.3, -0.25) is 9.89 Å². The Morgan fingerprint density at radius 3 is 2.85 bits per heavy atom. The SMILES string of the molecule is COC(=O)C1=CCC(c2cccc(N=Nc3c(C)[nH]n(-c4ccc5c(c4)CCC5)c3=O)c2O)O1. The number of ether oxygens (including phenoxy) is 2. The fourth-order valence-electron chi connectivity index (χ4n) is 4.41. The van der Waals surface area contributed by atoms with Crippen molar-refractivity contribution in [3.63, 3.8) is 0 Å². The Hall–Kier alpha value is -4.14. The van der Waals surface area contributed by atoms with Crippen molar-refractivity contribution in [2.24, 2.45) is 10.2 Å². The molecule has 0 saturated heterocycles. The van der Waals surface area contributed by atoms with Crippen LogP contribution in [-0.2, 0) is 27.1 Å². The van der Waals surface area contributed by atoms with Gasteiger partial charge >= 0.3 is 5.97 Å². The molecule has 0 bridgehead atoms. The van der Waals surface area contributed by atoms with Gasteiger partial charge in [0.15, 0.2) is 5.69 Å². The van der Waals surface area contributed by atoms with Gasteiger partial charge in [0.05, 0.1) is 18.5 Å². The quantitative estimate of drug-likeness (QED) is 0.426. The Balaban J connectivity index is 1.41. The number of aromatic nitrogens is 2. The Labute approximate surface area is 195 Å². The summed E-state index contributed by atoms with van der Waals surface area (Å²) in [7, 11) is 1.28. The zero-order valence-corrected chi connectivity index (χ0v) is 18.9. The number of azo groups is 1. The number of esters is 1. The third-order valence-electron chi connectivity index (χ3n) is 6.20. The van der Waals surface area contributed by atoms with Gasteiger partial charge in [0.2, 0.25) is 5.76 Å². The van der Waals surface area contributed by atoms with Crippen molar-refractivity contribution < 1.29 is 19.4 Å². The van der Waals surface area contributed by atoms with Crippen molar-refractivity contribution in [2.45, 2.75) is 38.7 Å². The standard InChI is InChI=1S/C25H24N4O5/c1-14-22(24(31)29(28-14)17-10-9-15-5-3-6-16(15)13-17)27-26-19-8-4-7-18(23(19)30)20-11-12-21(34-20)25(32)33-2/h4,7-10,12-13,20,28,30H,3,5-6,11H2,1-2H3. The van der Waals surface area contributed by atoms with Crippen LogP contribution in [0.4, 0.5) is 11.4 Å². The second kappa shape index (κ2) is 8.66. The first kappa shape index (κ1) is 21.7. The Bertz CT molecular complexity index is 1400. The van der Waals surface area contributed by atoms with Crippen LogP contribution >= 0.6 is 0 Å². The molecule has 2 N–H and O–H groups in total. The molecule has 0 amide bonds. The molecule has 9 heteroatoms. The Morgan fingerprint density at radius 1 is 1.21 bits per heavy atom. The molecule has 0 saturated carbocycles. The molecule has 1 atom stereocenters. The molecule has 0 radical (unpaired) electrons. The van der Waals surface area contributed by atoms with E-state index in [-0.39, 0.29) is 28.4 Å². The normalized spacial score (nSPS) is 17.0. The number of nitrogens with one attached hydrogen (secondary N) is 1. The van der Waals surface area contributed by atoms with Crippen molar-refractivity contribution in [1.82, 2.24) is 9.78 Å². The summed E-state index contributed by atoms with van der Waals surface area (Å²) in [6.45, 7) is 1.75. The number of aromatic hydroxyl groups is 1. The summed E-state index contributed by atoms with van der Waals surface area (Å²) in [5.41, 5.74) is 4.42. The summed E-state index contributed by atoms with van der Waals surface area (Å²) < 4.78 is 11.8. The largest absolute Gasteiger partial charge is 0.505 e. The van der Waals surface area contributed by atoms with Gasteiger partial charge < -0.3 is 14.6 Å². The maximum absolute atomic E-state index is 13.0. The van der Waals surface area contributed by atoms with Gasteiger partial charge in [-0.1, -0.05) is 18.2 Å². The van der Waals surface area contributed by atoms with Gasteiger partial charge in [-0.2, -0.15) is 0 Å². The van der Waals surface area contributed by atoms with Gasteiger partial charge in [-0.05, 0) is 61.6 Å². The summed E-state index contributed by atoms with van der Waals surface area (Å²) in [6.07, 6.45) is 4.69. The highest BCUT2D eigenvalue weighted by Gasteiger charge is 2.28. The zero-order valence-electron chi connectivity index (χ0n) is 18.9. The van der Waals surface area contributed by atoms with E-state index in [0.29, 0.717) is 17.7 Å². The number of aryl methyl sites for hydroxylation is 3. The van der Waals surface area contributed by atoms with Crippen LogP contribution in [0.25, 0.3) is 5.69 Å². The third kappa shape index (κ3) is 3.79. The number of phenolic OH excluding ortho intramolecular Hbond substituents is 1. The number of hydrogen-bond acceptors (Lipinski definition) is 7. The first-order valence-corrected chi connectivity index (χ1v) is 11.1. The second-order valence-electron chi connectivity index (χ2n) is 8.35. The number of methoxy groups -OCH3 is 1. The van der Waals surface area contributed by atoms with E-state index >= 15 is 0 Å². The predicted molar refractivity (Wildman–Crippen MR) is 124 cm³/mol. The van der Waals surface area contributed by atoms with E-state index in [4.69, 9.17) is 4.74 Å². The topological polar surface area (TPSA) is 118 Å². The van der Waals surface area contributed by atoms with Crippen molar-refractivity contribution in [3.05, 3.63) is 81.0 Å². The first-order chi connectivity index (χ1) is 16.5. The van der Waals surface area contributed by atoms with E-state index in [1.54, 1.807) is 31.2 Å². The summed E-state index contributed by atoms with van der Waals surface area (Å²) in [5, 5.41) is 22.1. The van der Waals surface area contributed by atoms with Crippen LogP contribution in [0.3, 0.4) is 0 Å². The average Bonchev–Trinajstić information content (AvgIpc) is 3.57. The number of nitrogens with zero attached hydrogens (tertiary/aromatic N) is 3. The van der Waals surface area contributed by atoms with Crippen molar-refractivity contribution in [3.8, 4) is 11.4 Å². The van der Waals surface area contributed by atoms with Gasteiger partial charge in [0, 0.05) is 12.0 Å². The van der Waals surface area contributed by atoms with Crippen molar-refractivity contribution >= 4 is 17.3 Å². The molecule has 0 fully saturated rings. The van der Waals surface area contributed by atoms with Crippen LogP contribution in [0, 0.1) is 6.92 Å². The summed E-state index contributed by atoms with van der Waals surface area (Å²) >= 11 is 0. The van der Waals surface area contributed by atoms with E-state index in [2.05, 4.69) is 26.1 Å². The lowest BCUT2D eigenvalue weighted by Crippen LogP contribution is -2.14. The monoisotopic (exact) mass is 460 g/mol. The molecule has 2 aliphatic rings. The van der Waals surface area contributed by atoms with E-state index in [1.807, 2.05) is 12.1 Å². The van der Waals surface area contributed by atoms with Gasteiger partial charge in [-0.15, -0.1) is 10.2 Å². The van der Waals surface area contributed by atoms with Crippen molar-refractivity contribution in [2.75, 3.05) is 7.11 Å². The second-order valence-corrected chi connectivity index (χ2v) is 8.35. The number of carbonyl (C=O) groups is 1. The summed E-state index contributed by atoms with van der Waals surface area (Å²) in [6, 6.07) is 11.0. The Kier molecular flexibility index (Phi) is 5.53. The van der Waals surface area contributed by atoms with Crippen LogP contribution < -0.4 is 5.56 Å². The molecule has 1 aliphatic carbocycles. The molecule has 0 spiro atoms. The first-order valence-electron chi connectivity index (χ1n) is 11.1. The minimum Gasteiger partial charge on any atom is -0.505 e. The van der Waals surface area contributed by atoms with E-state index < -0.39 is 12.1 Å². The van der Waals surface area contributed by atoms with Crippen LogP contribution in [-0.4, -0.2) is 28.0 Å². The molecular weight excluding hydrogens is 436 g/mol. The molecule has 2 aromatic carbocycles. The minimum atomic E-state index is -0.569. The number of rotatable bonds is 5. The smallest absolute Gasteiger partial charge is 0.372 e. The highest BCUT2D eigenvalue weighted by molar-refractivity contribution is 5.86. The molecule has 1 unspecified atom stereocenters. The third-order valence-corrected chi connectivity index (χ3v) is 6.20. The van der Waals surface area contributed by atoms with E-state index in [0.717, 1.165) is 24.9 Å². The number of H-pyrrole nitrogens is 1. The maximum Gasteiger partial charge on any atom is 0.372 e. The van der Waals surface area contributed by atoms with Crippen LogP contribution in [0.1, 0.15) is 41.3 Å². The van der Waals surface area contributed by atoms with Crippen LogP contribution in [0.2, 0.25) is 0 Å². The summed E-state index contributed by atoms with van der Waals surface area (Å²) in [4.78, 5) is 24.7. The molecule has 174 valence electrons.